The number of Topliss-reactive ketones (excluding diaryl/α,β-unsaturated/α-hetero) is 3. The molecule has 3 aliphatic rings. The van der Waals surface area contributed by atoms with Gasteiger partial charge in [-0.15, -0.1) is 0 Å². The number of rotatable bonds is 4. The van der Waals surface area contributed by atoms with Gasteiger partial charge in [-0.05, 0) is 50.4 Å². The van der Waals surface area contributed by atoms with Crippen LogP contribution in [0.2, 0.25) is 0 Å². The van der Waals surface area contributed by atoms with Crippen molar-refractivity contribution in [2.75, 3.05) is 0 Å². The van der Waals surface area contributed by atoms with Crippen LogP contribution in [-0.4, -0.2) is 22.5 Å². The summed E-state index contributed by atoms with van der Waals surface area (Å²) >= 11 is 0. The van der Waals surface area contributed by atoms with Crippen molar-refractivity contribution >= 4 is 17.3 Å². The van der Waals surface area contributed by atoms with Crippen molar-refractivity contribution < 1.29 is 19.5 Å². The molecule has 2 bridgehead atoms. The van der Waals surface area contributed by atoms with Gasteiger partial charge in [0.05, 0.1) is 10.8 Å². The predicted octanol–water partition coefficient (Wildman–Crippen LogP) is 4.20. The molecule has 2 fully saturated rings. The Kier molecular flexibility index (Phi) is 3.96. The zero-order valence-electron chi connectivity index (χ0n) is 16.7. The summed E-state index contributed by atoms with van der Waals surface area (Å²) in [5.74, 6) is -1.76. The summed E-state index contributed by atoms with van der Waals surface area (Å²) in [6.07, 6.45) is 1.40. The first kappa shape index (κ1) is 19.1. The van der Waals surface area contributed by atoms with E-state index in [0.717, 1.165) is 5.57 Å². The Balaban J connectivity index is 2.23. The molecule has 0 aromatic rings. The Morgan fingerprint density at radius 2 is 1.85 bits per heavy atom. The van der Waals surface area contributed by atoms with E-state index >= 15 is 0 Å². The normalized spacial score (nSPS) is 39.2. The van der Waals surface area contributed by atoms with Gasteiger partial charge in [0.15, 0.2) is 17.3 Å². The second-order valence-electron chi connectivity index (χ2n) is 9.54. The molecule has 0 unspecified atom stereocenters. The molecule has 0 saturated heterocycles. The number of aliphatic hydroxyl groups is 1. The molecule has 26 heavy (non-hydrogen) atoms. The molecule has 3 aliphatic carbocycles. The second-order valence-corrected chi connectivity index (χ2v) is 9.54. The van der Waals surface area contributed by atoms with Crippen LogP contribution < -0.4 is 0 Å². The largest absolute Gasteiger partial charge is 0.510 e. The lowest BCUT2D eigenvalue weighted by atomic mass is 9.64. The van der Waals surface area contributed by atoms with Crippen LogP contribution in [0.5, 0.6) is 0 Å². The number of ketones is 3. The molecule has 142 valence electrons. The van der Waals surface area contributed by atoms with E-state index in [1.54, 1.807) is 13.8 Å². The maximum Gasteiger partial charge on any atom is 0.183 e. The van der Waals surface area contributed by atoms with Crippen LogP contribution in [0.15, 0.2) is 23.5 Å². The first-order valence-electron chi connectivity index (χ1n) is 9.60. The number of carbonyl (C=O) groups excluding carboxylic acids is 3. The van der Waals surface area contributed by atoms with Crippen LogP contribution in [0.4, 0.5) is 0 Å². The standard InChI is InChI=1S/C22H30O4/c1-8-12(4)16(23)15-17(24)21(7)10-14-20(5,6)13(11(2)3)9-22(14,18(15)25)19(21)26/h12-14,24H,2,8-10H2,1,3-7H3/t12-,13+,14+,21+,22-/m1/s1. The molecule has 5 atom stereocenters. The quantitative estimate of drug-likeness (QED) is 0.464. The number of carbonyl (C=O) groups is 3. The Bertz CT molecular complexity index is 771. The monoisotopic (exact) mass is 358 g/mol. The number of hydrogen-bond donors (Lipinski definition) is 1. The number of aliphatic hydroxyl groups excluding tert-OH is 1. The topological polar surface area (TPSA) is 71.4 Å². The van der Waals surface area contributed by atoms with Crippen molar-refractivity contribution in [1.29, 1.82) is 0 Å². The molecule has 4 heteroatoms. The highest BCUT2D eigenvalue weighted by Crippen LogP contribution is 2.71. The molecule has 0 amide bonds. The maximum absolute atomic E-state index is 13.6. The minimum Gasteiger partial charge on any atom is -0.510 e. The summed E-state index contributed by atoms with van der Waals surface area (Å²) in [5, 5.41) is 10.9. The molecule has 2 saturated carbocycles. The molecule has 0 aromatic carbocycles. The third-order valence-corrected chi connectivity index (χ3v) is 7.73. The first-order valence-corrected chi connectivity index (χ1v) is 9.60. The summed E-state index contributed by atoms with van der Waals surface area (Å²) in [6, 6.07) is 0. The van der Waals surface area contributed by atoms with Crippen LogP contribution in [0, 0.1) is 34.0 Å². The highest BCUT2D eigenvalue weighted by molar-refractivity contribution is 6.32. The summed E-state index contributed by atoms with van der Waals surface area (Å²) in [4.78, 5) is 39.9. The Morgan fingerprint density at radius 3 is 2.35 bits per heavy atom. The molecule has 0 aliphatic heterocycles. The third kappa shape index (κ3) is 1.93. The molecule has 0 radical (unpaired) electrons. The van der Waals surface area contributed by atoms with Crippen molar-refractivity contribution in [3.05, 3.63) is 23.5 Å². The van der Waals surface area contributed by atoms with E-state index in [-0.39, 0.29) is 46.1 Å². The smallest absolute Gasteiger partial charge is 0.183 e. The molecule has 1 spiro atoms. The molecule has 0 heterocycles. The van der Waals surface area contributed by atoms with Crippen molar-refractivity contribution in [2.45, 2.75) is 60.8 Å². The van der Waals surface area contributed by atoms with Crippen molar-refractivity contribution in [3.8, 4) is 0 Å². The predicted molar refractivity (Wildman–Crippen MR) is 99.5 cm³/mol. The van der Waals surface area contributed by atoms with E-state index < -0.39 is 16.6 Å². The Labute approximate surface area is 155 Å². The molecular weight excluding hydrogens is 328 g/mol. The molecule has 0 aromatic heterocycles. The highest BCUT2D eigenvalue weighted by Gasteiger charge is 2.76. The first-order chi connectivity index (χ1) is 11.9. The van der Waals surface area contributed by atoms with Gasteiger partial charge in [0.1, 0.15) is 11.3 Å². The molecule has 1 N–H and O–H groups in total. The fourth-order valence-electron chi connectivity index (χ4n) is 5.92. The Morgan fingerprint density at radius 1 is 1.27 bits per heavy atom. The van der Waals surface area contributed by atoms with Gasteiger partial charge in [-0.2, -0.15) is 0 Å². The zero-order chi connectivity index (χ0) is 19.8. The number of allylic oxidation sites excluding steroid dienone is 3. The van der Waals surface area contributed by atoms with Crippen LogP contribution in [0.3, 0.4) is 0 Å². The van der Waals surface area contributed by atoms with Gasteiger partial charge in [0, 0.05) is 5.92 Å². The van der Waals surface area contributed by atoms with Crippen molar-refractivity contribution in [2.24, 2.45) is 34.0 Å². The van der Waals surface area contributed by atoms with Gasteiger partial charge in [-0.3, -0.25) is 14.4 Å². The van der Waals surface area contributed by atoms with E-state index in [1.165, 1.54) is 0 Å². The summed E-state index contributed by atoms with van der Waals surface area (Å²) < 4.78 is 0. The summed E-state index contributed by atoms with van der Waals surface area (Å²) in [6.45, 7) is 15.6. The van der Waals surface area contributed by atoms with E-state index in [2.05, 4.69) is 20.4 Å². The van der Waals surface area contributed by atoms with Crippen LogP contribution in [-0.2, 0) is 14.4 Å². The third-order valence-electron chi connectivity index (χ3n) is 7.73. The maximum atomic E-state index is 13.6. The average molecular weight is 358 g/mol. The number of fused-ring (bicyclic) bond motifs is 1. The minimum atomic E-state index is -1.19. The summed E-state index contributed by atoms with van der Waals surface area (Å²) in [5.41, 5.74) is -1.75. The lowest BCUT2D eigenvalue weighted by molar-refractivity contribution is -0.144. The lowest BCUT2D eigenvalue weighted by Gasteiger charge is -2.35. The minimum absolute atomic E-state index is 0.0464. The number of hydrogen-bond acceptors (Lipinski definition) is 4. The van der Waals surface area contributed by atoms with Crippen LogP contribution in [0.25, 0.3) is 0 Å². The second kappa shape index (κ2) is 5.40. The van der Waals surface area contributed by atoms with E-state index in [0.29, 0.717) is 19.3 Å². The van der Waals surface area contributed by atoms with Gasteiger partial charge in [0.2, 0.25) is 0 Å². The van der Waals surface area contributed by atoms with Gasteiger partial charge in [-0.25, -0.2) is 0 Å². The Hall–Kier alpha value is -1.71. The molecule has 4 nitrogen and oxygen atoms in total. The van der Waals surface area contributed by atoms with Crippen LogP contribution >= 0.6 is 0 Å². The SMILES string of the molecule is C=C(C)[C@@H]1C[C@]23C(=O)C(C(=O)[C@H](C)CC)=C(O)[C@](C)(C[C@H]2C1(C)C)C3=O. The van der Waals surface area contributed by atoms with Gasteiger partial charge < -0.3 is 5.11 Å². The average Bonchev–Trinajstić information content (AvgIpc) is 2.92. The van der Waals surface area contributed by atoms with Crippen molar-refractivity contribution in [3.63, 3.8) is 0 Å². The lowest BCUT2D eigenvalue weighted by Crippen LogP contribution is -2.49. The fraction of sp³-hybridized carbons (Fsp3) is 0.682. The van der Waals surface area contributed by atoms with Gasteiger partial charge >= 0.3 is 0 Å². The zero-order valence-corrected chi connectivity index (χ0v) is 16.7. The van der Waals surface area contributed by atoms with Crippen molar-refractivity contribution in [1.82, 2.24) is 0 Å². The van der Waals surface area contributed by atoms with Crippen LogP contribution in [0.1, 0.15) is 60.8 Å². The fourth-order valence-corrected chi connectivity index (χ4v) is 5.92. The highest BCUT2D eigenvalue weighted by atomic mass is 16.3. The molecular formula is C22H30O4. The van der Waals surface area contributed by atoms with E-state index in [4.69, 9.17) is 0 Å². The van der Waals surface area contributed by atoms with Gasteiger partial charge in [0.25, 0.3) is 0 Å². The van der Waals surface area contributed by atoms with Gasteiger partial charge in [-0.1, -0.05) is 39.8 Å². The van der Waals surface area contributed by atoms with E-state index in [9.17, 15) is 19.5 Å². The summed E-state index contributed by atoms with van der Waals surface area (Å²) in [7, 11) is 0. The van der Waals surface area contributed by atoms with E-state index in [1.807, 2.05) is 13.8 Å². The molecule has 3 rings (SSSR count).